The molecule has 154 valence electrons. The number of hydrogen-bond acceptors (Lipinski definition) is 4. The Morgan fingerprint density at radius 1 is 1.18 bits per heavy atom. The molecular formula is C20H29IN4O2S. The van der Waals surface area contributed by atoms with Gasteiger partial charge >= 0.3 is 0 Å². The molecule has 0 radical (unpaired) electrons. The fourth-order valence-electron chi connectivity index (χ4n) is 3.62. The van der Waals surface area contributed by atoms with E-state index < -0.39 is 0 Å². The van der Waals surface area contributed by atoms with Gasteiger partial charge < -0.3 is 20.4 Å². The highest BCUT2D eigenvalue weighted by atomic mass is 127. The number of guanidine groups is 1. The standard InChI is InChI=1S/C20H28N4O2S.HI/c1-21-19(23-14-18(25)22-13-16-7-5-11-26-16)24-15-20(9-3-2-4-10-20)17-8-6-12-27-17;/h5-8,11-12H,2-4,9-10,13-15H2,1H3,(H,22,25)(H2,21,23,24);1H. The third kappa shape index (κ3) is 6.23. The molecule has 1 fully saturated rings. The Hall–Kier alpha value is -1.55. The number of aliphatic imine (C=N–C) groups is 1. The fourth-order valence-corrected chi connectivity index (χ4v) is 4.61. The van der Waals surface area contributed by atoms with Crippen molar-refractivity contribution in [3.05, 3.63) is 46.5 Å². The first kappa shape index (κ1) is 22.7. The number of amides is 1. The van der Waals surface area contributed by atoms with E-state index >= 15 is 0 Å². The zero-order valence-electron chi connectivity index (χ0n) is 16.2. The highest BCUT2D eigenvalue weighted by Crippen LogP contribution is 2.41. The molecule has 0 aromatic carbocycles. The molecule has 8 heteroatoms. The quantitative estimate of drug-likeness (QED) is 0.298. The van der Waals surface area contributed by atoms with Gasteiger partial charge in [-0.1, -0.05) is 25.3 Å². The second-order valence-electron chi connectivity index (χ2n) is 6.95. The van der Waals surface area contributed by atoms with E-state index in [1.807, 2.05) is 17.4 Å². The van der Waals surface area contributed by atoms with E-state index in [4.69, 9.17) is 4.42 Å². The third-order valence-electron chi connectivity index (χ3n) is 5.13. The van der Waals surface area contributed by atoms with Crippen LogP contribution in [0.2, 0.25) is 0 Å². The molecule has 2 aromatic rings. The Morgan fingerprint density at radius 2 is 2.00 bits per heavy atom. The van der Waals surface area contributed by atoms with Crippen LogP contribution in [0.25, 0.3) is 0 Å². The molecule has 0 saturated heterocycles. The van der Waals surface area contributed by atoms with Gasteiger partial charge in [-0.05, 0) is 36.4 Å². The SMILES string of the molecule is CN=C(NCC(=O)NCc1ccco1)NCC1(c2cccs2)CCCCC1.I. The molecule has 2 heterocycles. The molecule has 0 spiro atoms. The summed E-state index contributed by atoms with van der Waals surface area (Å²) >= 11 is 1.84. The smallest absolute Gasteiger partial charge is 0.239 e. The van der Waals surface area contributed by atoms with E-state index in [0.717, 1.165) is 12.3 Å². The molecule has 1 saturated carbocycles. The summed E-state index contributed by atoms with van der Waals surface area (Å²) < 4.78 is 5.21. The van der Waals surface area contributed by atoms with Crippen LogP contribution >= 0.6 is 35.3 Å². The lowest BCUT2D eigenvalue weighted by Crippen LogP contribution is -2.48. The third-order valence-corrected chi connectivity index (χ3v) is 6.24. The average Bonchev–Trinajstić information content (AvgIpc) is 3.41. The zero-order valence-corrected chi connectivity index (χ0v) is 19.3. The van der Waals surface area contributed by atoms with Crippen LogP contribution in [0.4, 0.5) is 0 Å². The Labute approximate surface area is 187 Å². The fraction of sp³-hybridized carbons (Fsp3) is 0.500. The topological polar surface area (TPSA) is 78.7 Å². The first-order valence-corrected chi connectivity index (χ1v) is 10.4. The van der Waals surface area contributed by atoms with Crippen molar-refractivity contribution in [3.8, 4) is 0 Å². The summed E-state index contributed by atoms with van der Waals surface area (Å²) in [7, 11) is 1.73. The number of carbonyl (C=O) groups is 1. The van der Waals surface area contributed by atoms with E-state index in [-0.39, 0.29) is 41.8 Å². The maximum Gasteiger partial charge on any atom is 0.239 e. The predicted molar refractivity (Wildman–Crippen MR) is 124 cm³/mol. The lowest BCUT2D eigenvalue weighted by molar-refractivity contribution is -0.120. The van der Waals surface area contributed by atoms with Crippen molar-refractivity contribution >= 4 is 47.2 Å². The predicted octanol–water partition coefficient (Wildman–Crippen LogP) is 3.64. The number of carbonyl (C=O) groups excluding carboxylic acids is 1. The van der Waals surface area contributed by atoms with Gasteiger partial charge in [-0.25, -0.2) is 0 Å². The van der Waals surface area contributed by atoms with Gasteiger partial charge in [-0.2, -0.15) is 0 Å². The van der Waals surface area contributed by atoms with Crippen LogP contribution < -0.4 is 16.0 Å². The number of nitrogens with one attached hydrogen (secondary N) is 3. The number of furan rings is 1. The van der Waals surface area contributed by atoms with Gasteiger partial charge in [0.15, 0.2) is 5.96 Å². The van der Waals surface area contributed by atoms with Gasteiger partial charge in [0.2, 0.25) is 5.91 Å². The van der Waals surface area contributed by atoms with Crippen molar-refractivity contribution < 1.29 is 9.21 Å². The molecule has 0 atom stereocenters. The minimum absolute atomic E-state index is 0. The molecule has 28 heavy (non-hydrogen) atoms. The van der Waals surface area contributed by atoms with Crippen LogP contribution in [0.3, 0.4) is 0 Å². The summed E-state index contributed by atoms with van der Waals surface area (Å²) in [6.45, 7) is 1.40. The summed E-state index contributed by atoms with van der Waals surface area (Å²) in [6.07, 6.45) is 7.83. The monoisotopic (exact) mass is 516 g/mol. The summed E-state index contributed by atoms with van der Waals surface area (Å²) in [5.74, 6) is 1.30. The minimum atomic E-state index is -0.0972. The zero-order chi connectivity index (χ0) is 19.0. The number of thiophene rings is 1. The normalized spacial score (nSPS) is 16.1. The van der Waals surface area contributed by atoms with E-state index in [9.17, 15) is 4.79 Å². The van der Waals surface area contributed by atoms with Crippen LogP contribution in [0.1, 0.15) is 42.7 Å². The summed E-state index contributed by atoms with van der Waals surface area (Å²) in [4.78, 5) is 17.7. The molecule has 1 aliphatic rings. The van der Waals surface area contributed by atoms with Crippen LogP contribution in [-0.2, 0) is 16.8 Å². The van der Waals surface area contributed by atoms with Crippen LogP contribution in [-0.4, -0.2) is 32.0 Å². The Morgan fingerprint density at radius 3 is 2.64 bits per heavy atom. The van der Waals surface area contributed by atoms with Gasteiger partial charge in [-0.15, -0.1) is 35.3 Å². The maximum absolute atomic E-state index is 12.0. The van der Waals surface area contributed by atoms with E-state index in [1.165, 1.54) is 37.0 Å². The summed E-state index contributed by atoms with van der Waals surface area (Å²) in [6, 6.07) is 8.02. The summed E-state index contributed by atoms with van der Waals surface area (Å²) in [5, 5.41) is 11.5. The Kier molecular flexibility index (Phi) is 9.30. The molecule has 3 rings (SSSR count). The lowest BCUT2D eigenvalue weighted by atomic mass is 9.73. The van der Waals surface area contributed by atoms with Crippen molar-refractivity contribution in [1.29, 1.82) is 0 Å². The van der Waals surface area contributed by atoms with Crippen molar-refractivity contribution in [1.82, 2.24) is 16.0 Å². The number of halogens is 1. The van der Waals surface area contributed by atoms with Crippen molar-refractivity contribution in [2.75, 3.05) is 20.1 Å². The Bertz CT molecular complexity index is 725. The van der Waals surface area contributed by atoms with E-state index in [2.05, 4.69) is 38.5 Å². The number of rotatable bonds is 7. The molecule has 0 bridgehead atoms. The first-order valence-electron chi connectivity index (χ1n) is 9.49. The summed E-state index contributed by atoms with van der Waals surface area (Å²) in [5.41, 5.74) is 0.172. The lowest BCUT2D eigenvalue weighted by Gasteiger charge is -2.37. The van der Waals surface area contributed by atoms with E-state index in [1.54, 1.807) is 19.4 Å². The van der Waals surface area contributed by atoms with Gasteiger partial charge in [0.1, 0.15) is 5.76 Å². The van der Waals surface area contributed by atoms with Gasteiger partial charge in [0.25, 0.3) is 0 Å². The van der Waals surface area contributed by atoms with Gasteiger partial charge in [0.05, 0.1) is 19.4 Å². The first-order chi connectivity index (χ1) is 13.2. The highest BCUT2D eigenvalue weighted by molar-refractivity contribution is 14.0. The number of hydrogen-bond donors (Lipinski definition) is 3. The molecule has 6 nitrogen and oxygen atoms in total. The average molecular weight is 516 g/mol. The number of nitrogens with zero attached hydrogens (tertiary/aromatic N) is 1. The molecule has 2 aromatic heterocycles. The second-order valence-corrected chi connectivity index (χ2v) is 7.90. The van der Waals surface area contributed by atoms with Crippen LogP contribution in [0.15, 0.2) is 45.3 Å². The van der Waals surface area contributed by atoms with Crippen molar-refractivity contribution in [2.24, 2.45) is 4.99 Å². The molecule has 0 unspecified atom stereocenters. The Balaban J connectivity index is 0.00000280. The molecule has 3 N–H and O–H groups in total. The highest BCUT2D eigenvalue weighted by Gasteiger charge is 2.34. The maximum atomic E-state index is 12.0. The van der Waals surface area contributed by atoms with Gasteiger partial charge in [-0.3, -0.25) is 9.79 Å². The molecule has 1 aliphatic carbocycles. The molecule has 1 amide bonds. The second kappa shape index (κ2) is 11.5. The van der Waals surface area contributed by atoms with Gasteiger partial charge in [0, 0.05) is 23.9 Å². The van der Waals surface area contributed by atoms with Crippen LogP contribution in [0, 0.1) is 0 Å². The van der Waals surface area contributed by atoms with Crippen LogP contribution in [0.5, 0.6) is 0 Å². The largest absolute Gasteiger partial charge is 0.467 e. The van der Waals surface area contributed by atoms with Crippen molar-refractivity contribution in [2.45, 2.75) is 44.1 Å². The van der Waals surface area contributed by atoms with E-state index in [0.29, 0.717) is 12.5 Å². The molecular weight excluding hydrogens is 487 g/mol. The van der Waals surface area contributed by atoms with Crippen molar-refractivity contribution in [3.63, 3.8) is 0 Å². The molecule has 0 aliphatic heterocycles. The minimum Gasteiger partial charge on any atom is -0.467 e.